The second kappa shape index (κ2) is 10.9. The van der Waals surface area contributed by atoms with Crippen LogP contribution in [0.5, 0.6) is 5.75 Å². The molecule has 2 aromatic carbocycles. The highest BCUT2D eigenvalue weighted by Crippen LogP contribution is 2.20. The van der Waals surface area contributed by atoms with Gasteiger partial charge in [0.25, 0.3) is 5.91 Å². The van der Waals surface area contributed by atoms with Crippen molar-refractivity contribution in [3.8, 4) is 5.75 Å². The SMILES string of the molecule is COc1ccc(N2CCCN(C(=O)CCCNC(=O)c3ccc(Cl)cc3)CC2)cc1. The number of carbonyl (C=O) groups is 2. The van der Waals surface area contributed by atoms with E-state index in [1.165, 1.54) is 0 Å². The van der Waals surface area contributed by atoms with Crippen molar-refractivity contribution >= 4 is 29.1 Å². The van der Waals surface area contributed by atoms with Crippen molar-refractivity contribution in [2.24, 2.45) is 0 Å². The highest BCUT2D eigenvalue weighted by atomic mass is 35.5. The van der Waals surface area contributed by atoms with Crippen molar-refractivity contribution in [1.82, 2.24) is 10.2 Å². The summed E-state index contributed by atoms with van der Waals surface area (Å²) in [5, 5.41) is 3.45. The second-order valence-corrected chi connectivity index (χ2v) is 7.72. The van der Waals surface area contributed by atoms with Crippen LogP contribution in [-0.2, 0) is 4.79 Å². The van der Waals surface area contributed by atoms with Crippen molar-refractivity contribution < 1.29 is 14.3 Å². The van der Waals surface area contributed by atoms with Crippen LogP contribution in [0.3, 0.4) is 0 Å². The van der Waals surface area contributed by atoms with Gasteiger partial charge in [-0.2, -0.15) is 0 Å². The van der Waals surface area contributed by atoms with Gasteiger partial charge in [-0.25, -0.2) is 0 Å². The first-order valence-electron chi connectivity index (χ1n) is 10.3. The van der Waals surface area contributed by atoms with Gasteiger partial charge >= 0.3 is 0 Å². The predicted molar refractivity (Wildman–Crippen MR) is 119 cm³/mol. The summed E-state index contributed by atoms with van der Waals surface area (Å²) in [7, 11) is 1.66. The number of nitrogens with one attached hydrogen (secondary N) is 1. The fraction of sp³-hybridized carbons (Fsp3) is 0.391. The molecule has 1 heterocycles. The van der Waals surface area contributed by atoms with E-state index in [1.807, 2.05) is 17.0 Å². The lowest BCUT2D eigenvalue weighted by atomic mass is 10.2. The third kappa shape index (κ3) is 6.13. The van der Waals surface area contributed by atoms with Gasteiger partial charge in [0, 0.05) is 55.4 Å². The summed E-state index contributed by atoms with van der Waals surface area (Å²) in [5.74, 6) is 0.838. The van der Waals surface area contributed by atoms with E-state index in [2.05, 4.69) is 22.3 Å². The molecule has 1 fully saturated rings. The minimum absolute atomic E-state index is 0.146. The third-order valence-corrected chi connectivity index (χ3v) is 5.50. The van der Waals surface area contributed by atoms with Gasteiger partial charge in [0.15, 0.2) is 0 Å². The first-order valence-corrected chi connectivity index (χ1v) is 10.6. The zero-order chi connectivity index (χ0) is 21.3. The summed E-state index contributed by atoms with van der Waals surface area (Å²) in [6.45, 7) is 3.68. The smallest absolute Gasteiger partial charge is 0.251 e. The van der Waals surface area contributed by atoms with Crippen LogP contribution in [-0.4, -0.2) is 56.5 Å². The maximum atomic E-state index is 12.6. The normalized spacial score (nSPS) is 14.2. The Bertz CT molecular complexity index is 840. The van der Waals surface area contributed by atoms with E-state index < -0.39 is 0 Å². The summed E-state index contributed by atoms with van der Waals surface area (Å²) in [4.78, 5) is 28.9. The molecule has 1 aliphatic heterocycles. The van der Waals surface area contributed by atoms with Crippen LogP contribution in [0.25, 0.3) is 0 Å². The van der Waals surface area contributed by atoms with Gasteiger partial charge in [0.05, 0.1) is 7.11 Å². The minimum Gasteiger partial charge on any atom is -0.497 e. The molecule has 1 N–H and O–H groups in total. The molecule has 0 bridgehead atoms. The molecule has 0 radical (unpaired) electrons. The second-order valence-electron chi connectivity index (χ2n) is 7.29. The molecule has 30 heavy (non-hydrogen) atoms. The molecule has 0 unspecified atom stereocenters. The number of nitrogens with zero attached hydrogens (tertiary/aromatic N) is 2. The van der Waals surface area contributed by atoms with Gasteiger partial charge in [-0.1, -0.05) is 11.6 Å². The van der Waals surface area contributed by atoms with Crippen molar-refractivity contribution in [1.29, 1.82) is 0 Å². The first-order chi connectivity index (χ1) is 14.6. The van der Waals surface area contributed by atoms with Gasteiger partial charge in [0.1, 0.15) is 5.75 Å². The Morgan fingerprint density at radius 3 is 2.43 bits per heavy atom. The molecule has 0 aromatic heterocycles. The van der Waals surface area contributed by atoms with Crippen molar-refractivity contribution in [2.75, 3.05) is 44.7 Å². The molecule has 2 amide bonds. The molecule has 0 saturated carbocycles. The van der Waals surface area contributed by atoms with Gasteiger partial charge in [-0.15, -0.1) is 0 Å². The van der Waals surface area contributed by atoms with Crippen LogP contribution in [0.2, 0.25) is 5.02 Å². The van der Waals surface area contributed by atoms with Gasteiger partial charge in [-0.3, -0.25) is 9.59 Å². The number of carbonyl (C=O) groups excluding carboxylic acids is 2. The van der Waals surface area contributed by atoms with Crippen molar-refractivity contribution in [3.05, 3.63) is 59.1 Å². The first kappa shape index (κ1) is 22.0. The summed E-state index contributed by atoms with van der Waals surface area (Å²) in [5.41, 5.74) is 1.71. The van der Waals surface area contributed by atoms with Gasteiger partial charge in [-0.05, 0) is 61.4 Å². The number of methoxy groups -OCH3 is 1. The molecule has 1 saturated heterocycles. The Kier molecular flexibility index (Phi) is 7.97. The number of anilines is 1. The molecule has 1 aliphatic rings. The Labute approximate surface area is 182 Å². The van der Waals surface area contributed by atoms with E-state index in [1.54, 1.807) is 31.4 Å². The monoisotopic (exact) mass is 429 g/mol. The van der Waals surface area contributed by atoms with Gasteiger partial charge < -0.3 is 19.9 Å². The lowest BCUT2D eigenvalue weighted by Crippen LogP contribution is -2.35. The molecule has 2 aromatic rings. The highest BCUT2D eigenvalue weighted by molar-refractivity contribution is 6.30. The average molecular weight is 430 g/mol. The fourth-order valence-electron chi connectivity index (χ4n) is 3.52. The zero-order valence-electron chi connectivity index (χ0n) is 17.3. The Hall–Kier alpha value is -2.73. The van der Waals surface area contributed by atoms with E-state index >= 15 is 0 Å². The van der Waals surface area contributed by atoms with E-state index in [0.717, 1.165) is 37.5 Å². The van der Waals surface area contributed by atoms with Crippen LogP contribution >= 0.6 is 11.6 Å². The average Bonchev–Trinajstić information content (AvgIpc) is 3.03. The maximum absolute atomic E-state index is 12.6. The molecule has 0 spiro atoms. The number of halogens is 1. The Morgan fingerprint density at radius 1 is 1.00 bits per heavy atom. The largest absolute Gasteiger partial charge is 0.497 e. The van der Waals surface area contributed by atoms with Crippen LogP contribution in [0.15, 0.2) is 48.5 Å². The Balaban J connectivity index is 1.40. The number of hydrogen-bond acceptors (Lipinski definition) is 4. The molecular formula is C23H28ClN3O3. The highest BCUT2D eigenvalue weighted by Gasteiger charge is 2.19. The maximum Gasteiger partial charge on any atom is 0.251 e. The third-order valence-electron chi connectivity index (χ3n) is 5.25. The molecular weight excluding hydrogens is 402 g/mol. The number of ether oxygens (including phenoxy) is 1. The number of hydrogen-bond donors (Lipinski definition) is 1. The standard InChI is InChI=1S/C23H28ClN3O3/c1-30-21-11-9-20(10-12-21)26-14-3-15-27(17-16-26)22(28)4-2-13-25-23(29)18-5-7-19(24)8-6-18/h5-12H,2-4,13-17H2,1H3,(H,25,29). The topological polar surface area (TPSA) is 61.9 Å². The summed E-state index contributed by atoms with van der Waals surface area (Å²) in [6, 6.07) is 14.8. The predicted octanol–water partition coefficient (Wildman–Crippen LogP) is 3.60. The van der Waals surface area contributed by atoms with E-state index in [0.29, 0.717) is 36.5 Å². The molecule has 7 heteroatoms. The summed E-state index contributed by atoms with van der Waals surface area (Å²) < 4.78 is 5.22. The van der Waals surface area contributed by atoms with Crippen molar-refractivity contribution in [2.45, 2.75) is 19.3 Å². The number of rotatable bonds is 7. The molecule has 160 valence electrons. The van der Waals surface area contributed by atoms with Crippen LogP contribution in [0, 0.1) is 0 Å². The van der Waals surface area contributed by atoms with Crippen LogP contribution in [0.4, 0.5) is 5.69 Å². The molecule has 3 rings (SSSR count). The van der Waals surface area contributed by atoms with E-state index in [4.69, 9.17) is 16.3 Å². The molecule has 0 aliphatic carbocycles. The van der Waals surface area contributed by atoms with Gasteiger partial charge in [0.2, 0.25) is 5.91 Å². The van der Waals surface area contributed by atoms with Crippen molar-refractivity contribution in [3.63, 3.8) is 0 Å². The summed E-state index contributed by atoms with van der Waals surface area (Å²) in [6.07, 6.45) is 1.99. The lowest BCUT2D eigenvalue weighted by Gasteiger charge is -2.24. The minimum atomic E-state index is -0.149. The number of benzene rings is 2. The fourth-order valence-corrected chi connectivity index (χ4v) is 3.65. The molecule has 6 nitrogen and oxygen atoms in total. The lowest BCUT2D eigenvalue weighted by molar-refractivity contribution is -0.131. The summed E-state index contributed by atoms with van der Waals surface area (Å²) >= 11 is 5.84. The van der Waals surface area contributed by atoms with E-state index in [9.17, 15) is 9.59 Å². The van der Waals surface area contributed by atoms with Crippen LogP contribution < -0.4 is 15.0 Å². The van der Waals surface area contributed by atoms with Crippen LogP contribution in [0.1, 0.15) is 29.6 Å². The molecule has 0 atom stereocenters. The number of amides is 2. The zero-order valence-corrected chi connectivity index (χ0v) is 18.0. The van der Waals surface area contributed by atoms with E-state index in [-0.39, 0.29) is 11.8 Å². The Morgan fingerprint density at radius 2 is 1.73 bits per heavy atom. The quantitative estimate of drug-likeness (QED) is 0.683.